The molecule has 0 spiro atoms. The summed E-state index contributed by atoms with van der Waals surface area (Å²) in [6.45, 7) is 5.20. The van der Waals surface area contributed by atoms with E-state index in [0.717, 1.165) is 29.9 Å². The molecule has 0 bridgehead atoms. The Morgan fingerprint density at radius 2 is 1.97 bits per heavy atom. The van der Waals surface area contributed by atoms with Gasteiger partial charge in [0, 0.05) is 44.2 Å². The van der Waals surface area contributed by atoms with Crippen LogP contribution in [0.1, 0.15) is 11.5 Å². The van der Waals surface area contributed by atoms with E-state index in [0.29, 0.717) is 30.7 Å². The van der Waals surface area contributed by atoms with Gasteiger partial charge in [-0.15, -0.1) is 0 Å². The molecule has 4 heterocycles. The predicted octanol–water partition coefficient (Wildman–Crippen LogP) is 1.78. The van der Waals surface area contributed by atoms with Gasteiger partial charge in [-0.05, 0) is 19.1 Å². The first-order valence-corrected chi connectivity index (χ1v) is 9.87. The maximum absolute atomic E-state index is 12.8. The average Bonchev–Trinajstić information content (AvgIpc) is 3.34. The highest BCUT2D eigenvalue weighted by molar-refractivity contribution is 6.01. The van der Waals surface area contributed by atoms with Crippen molar-refractivity contribution in [3.8, 4) is 0 Å². The molecule has 3 aromatic heterocycles. The minimum Gasteiger partial charge on any atom is -0.448 e. The fraction of sp³-hybridized carbons (Fsp3) is 0.333. The highest BCUT2D eigenvalue weighted by Gasteiger charge is 2.23. The Balaban J connectivity index is 1.26. The van der Waals surface area contributed by atoms with Crippen molar-refractivity contribution in [1.29, 1.82) is 0 Å². The Kier molecular flexibility index (Phi) is 4.59. The van der Waals surface area contributed by atoms with Crippen LogP contribution < -0.4 is 5.56 Å². The summed E-state index contributed by atoms with van der Waals surface area (Å²) in [5.41, 5.74) is 1.86. The van der Waals surface area contributed by atoms with Crippen LogP contribution in [0, 0.1) is 6.92 Å². The average molecular weight is 407 g/mol. The van der Waals surface area contributed by atoms with Gasteiger partial charge in [-0.3, -0.25) is 19.1 Å². The van der Waals surface area contributed by atoms with Gasteiger partial charge in [0.1, 0.15) is 23.4 Å². The molecule has 0 saturated carbocycles. The Labute approximate surface area is 171 Å². The van der Waals surface area contributed by atoms with Crippen LogP contribution in [0.5, 0.6) is 0 Å². The molecule has 0 atom stereocenters. The highest BCUT2D eigenvalue weighted by atomic mass is 16.5. The van der Waals surface area contributed by atoms with Gasteiger partial charge in [-0.25, -0.2) is 4.98 Å². The predicted molar refractivity (Wildman–Crippen MR) is 109 cm³/mol. The quantitative estimate of drug-likeness (QED) is 0.509. The molecule has 1 fully saturated rings. The Bertz CT molecular complexity index is 1280. The van der Waals surface area contributed by atoms with Gasteiger partial charge in [0.05, 0.1) is 12.0 Å². The zero-order valence-electron chi connectivity index (χ0n) is 16.6. The topological polar surface area (TPSA) is 97.6 Å². The van der Waals surface area contributed by atoms with E-state index in [1.165, 1.54) is 10.9 Å². The molecule has 0 aliphatic carbocycles. The summed E-state index contributed by atoms with van der Waals surface area (Å²) >= 11 is 0. The van der Waals surface area contributed by atoms with E-state index in [1.807, 2.05) is 31.2 Å². The number of benzene rings is 1. The normalized spacial score (nSPS) is 15.3. The molecule has 30 heavy (non-hydrogen) atoms. The standard InChI is InChI=1S/C21H21N5O4/c1-14-10-15(23-30-14)11-24-6-8-25(9-7-24)18(27)12-26-13-22-19-16-4-2-3-5-17(16)29-20(19)21(26)28/h2-5,10,13H,6-9,11-12H2,1H3. The number of fused-ring (bicyclic) bond motifs is 3. The fourth-order valence-corrected chi connectivity index (χ4v) is 3.85. The van der Waals surface area contributed by atoms with Gasteiger partial charge in [0.2, 0.25) is 11.5 Å². The lowest BCUT2D eigenvalue weighted by Gasteiger charge is -2.34. The number of hydrogen-bond donors (Lipinski definition) is 0. The van der Waals surface area contributed by atoms with Crippen LogP contribution in [-0.2, 0) is 17.9 Å². The Hall–Kier alpha value is -3.46. The van der Waals surface area contributed by atoms with Gasteiger partial charge in [0.25, 0.3) is 5.56 Å². The third kappa shape index (κ3) is 3.37. The van der Waals surface area contributed by atoms with Gasteiger partial charge >= 0.3 is 0 Å². The van der Waals surface area contributed by atoms with Gasteiger partial charge in [-0.1, -0.05) is 17.3 Å². The lowest BCUT2D eigenvalue weighted by molar-refractivity contribution is -0.133. The SMILES string of the molecule is Cc1cc(CN2CCN(C(=O)Cn3cnc4c(oc5ccccc54)c3=O)CC2)no1. The number of rotatable bonds is 4. The number of hydrogen-bond acceptors (Lipinski definition) is 7. The maximum atomic E-state index is 12.8. The summed E-state index contributed by atoms with van der Waals surface area (Å²) in [5.74, 6) is 0.686. The minimum atomic E-state index is -0.343. The van der Waals surface area contributed by atoms with Crippen LogP contribution >= 0.6 is 0 Å². The highest BCUT2D eigenvalue weighted by Crippen LogP contribution is 2.24. The summed E-state index contributed by atoms with van der Waals surface area (Å²) in [6, 6.07) is 9.30. The zero-order valence-corrected chi connectivity index (χ0v) is 16.6. The minimum absolute atomic E-state index is 0.0543. The molecule has 1 aliphatic rings. The zero-order chi connectivity index (χ0) is 20.7. The van der Waals surface area contributed by atoms with E-state index in [9.17, 15) is 9.59 Å². The number of aromatic nitrogens is 3. The van der Waals surface area contributed by atoms with Crippen LogP contribution in [-0.4, -0.2) is 56.6 Å². The molecule has 0 N–H and O–H groups in total. The third-order valence-electron chi connectivity index (χ3n) is 5.44. The molecule has 1 aromatic carbocycles. The van der Waals surface area contributed by atoms with E-state index in [-0.39, 0.29) is 23.6 Å². The molecule has 9 nitrogen and oxygen atoms in total. The summed E-state index contributed by atoms with van der Waals surface area (Å²) < 4.78 is 12.1. The van der Waals surface area contributed by atoms with Crippen LogP contribution in [0.15, 0.2) is 50.4 Å². The monoisotopic (exact) mass is 407 g/mol. The number of nitrogens with zero attached hydrogens (tertiary/aromatic N) is 5. The van der Waals surface area contributed by atoms with Gasteiger partial charge < -0.3 is 13.8 Å². The lowest BCUT2D eigenvalue weighted by atomic mass is 10.2. The number of amides is 1. The summed E-state index contributed by atoms with van der Waals surface area (Å²) in [4.78, 5) is 33.9. The number of carbonyl (C=O) groups is 1. The molecule has 0 unspecified atom stereocenters. The lowest BCUT2D eigenvalue weighted by Crippen LogP contribution is -2.49. The first-order valence-electron chi connectivity index (χ1n) is 9.87. The summed E-state index contributed by atoms with van der Waals surface area (Å²) in [7, 11) is 0. The van der Waals surface area contributed by atoms with Crippen LogP contribution in [0.3, 0.4) is 0 Å². The van der Waals surface area contributed by atoms with Crippen molar-refractivity contribution in [2.24, 2.45) is 0 Å². The Morgan fingerprint density at radius 1 is 1.17 bits per heavy atom. The molecule has 0 radical (unpaired) electrons. The van der Waals surface area contributed by atoms with E-state index in [1.54, 1.807) is 11.0 Å². The number of carbonyl (C=O) groups excluding carboxylic acids is 1. The number of aryl methyl sites for hydroxylation is 1. The maximum Gasteiger partial charge on any atom is 0.297 e. The molecule has 1 amide bonds. The molecule has 1 saturated heterocycles. The van der Waals surface area contributed by atoms with Crippen molar-refractivity contribution in [2.45, 2.75) is 20.0 Å². The van der Waals surface area contributed by atoms with Crippen LogP contribution in [0.4, 0.5) is 0 Å². The van der Waals surface area contributed by atoms with E-state index in [4.69, 9.17) is 8.94 Å². The van der Waals surface area contributed by atoms with E-state index < -0.39 is 0 Å². The summed E-state index contributed by atoms with van der Waals surface area (Å²) in [5, 5.41) is 4.81. The van der Waals surface area contributed by atoms with E-state index >= 15 is 0 Å². The van der Waals surface area contributed by atoms with Crippen molar-refractivity contribution < 1.29 is 13.7 Å². The molecule has 9 heteroatoms. The second kappa shape index (κ2) is 7.42. The number of furan rings is 1. The largest absolute Gasteiger partial charge is 0.448 e. The van der Waals surface area contributed by atoms with Crippen LogP contribution in [0.25, 0.3) is 22.1 Å². The summed E-state index contributed by atoms with van der Waals surface area (Å²) in [6.07, 6.45) is 1.42. The molecular formula is C21H21N5O4. The molecule has 154 valence electrons. The van der Waals surface area contributed by atoms with Crippen LogP contribution in [0.2, 0.25) is 0 Å². The Morgan fingerprint density at radius 3 is 2.73 bits per heavy atom. The second-order valence-corrected chi connectivity index (χ2v) is 7.54. The first kappa shape index (κ1) is 18.6. The first-order chi connectivity index (χ1) is 14.6. The number of para-hydroxylation sites is 1. The number of piperazine rings is 1. The van der Waals surface area contributed by atoms with Gasteiger partial charge in [0.15, 0.2) is 0 Å². The molecule has 4 aromatic rings. The smallest absolute Gasteiger partial charge is 0.297 e. The van der Waals surface area contributed by atoms with E-state index in [2.05, 4.69) is 15.0 Å². The third-order valence-corrected chi connectivity index (χ3v) is 5.44. The van der Waals surface area contributed by atoms with Crippen molar-refractivity contribution in [1.82, 2.24) is 24.5 Å². The van der Waals surface area contributed by atoms with Crippen molar-refractivity contribution in [3.05, 3.63) is 58.5 Å². The molecule has 1 aliphatic heterocycles. The fourth-order valence-electron chi connectivity index (χ4n) is 3.85. The second-order valence-electron chi connectivity index (χ2n) is 7.54. The van der Waals surface area contributed by atoms with Crippen molar-refractivity contribution in [3.63, 3.8) is 0 Å². The molecule has 5 rings (SSSR count). The van der Waals surface area contributed by atoms with Gasteiger partial charge in [-0.2, -0.15) is 0 Å². The van der Waals surface area contributed by atoms with Crippen molar-refractivity contribution >= 4 is 28.0 Å². The van der Waals surface area contributed by atoms with Crippen molar-refractivity contribution in [2.75, 3.05) is 26.2 Å². The molecular weight excluding hydrogens is 386 g/mol.